The van der Waals surface area contributed by atoms with Crippen LogP contribution in [-0.4, -0.2) is 49.6 Å². The molecule has 0 aromatic heterocycles. The normalized spacial score (nSPS) is 13.0. The van der Waals surface area contributed by atoms with Crippen LogP contribution in [-0.2, 0) is 4.74 Å². The van der Waals surface area contributed by atoms with Crippen molar-refractivity contribution in [3.05, 3.63) is 42.0 Å². The highest BCUT2D eigenvalue weighted by molar-refractivity contribution is 6.21. The molecule has 0 spiro atoms. The highest BCUT2D eigenvalue weighted by Gasteiger charge is 2.35. The van der Waals surface area contributed by atoms with E-state index in [9.17, 15) is 14.4 Å². The van der Waals surface area contributed by atoms with Crippen LogP contribution in [0.4, 0.5) is 10.5 Å². The van der Waals surface area contributed by atoms with Crippen molar-refractivity contribution in [2.75, 3.05) is 32.1 Å². The molecule has 0 aliphatic carbocycles. The van der Waals surface area contributed by atoms with E-state index in [1.165, 1.54) is 11.0 Å². The number of amides is 4. The second kappa shape index (κ2) is 7.55. The van der Waals surface area contributed by atoms with E-state index >= 15 is 0 Å². The Hall–Kier alpha value is -2.67. The molecule has 2 N–H and O–H groups in total. The van der Waals surface area contributed by atoms with Gasteiger partial charge in [-0.2, -0.15) is 0 Å². The van der Waals surface area contributed by atoms with E-state index in [0.29, 0.717) is 42.9 Å². The summed E-state index contributed by atoms with van der Waals surface area (Å²) in [6.07, 6.45) is 2.14. The molecule has 23 heavy (non-hydrogen) atoms. The predicted octanol–water partition coefficient (Wildman–Crippen LogP) is 1.63. The van der Waals surface area contributed by atoms with Crippen LogP contribution in [0.1, 0.15) is 27.1 Å². The van der Waals surface area contributed by atoms with Crippen molar-refractivity contribution < 1.29 is 19.1 Å². The van der Waals surface area contributed by atoms with Crippen molar-refractivity contribution in [1.82, 2.24) is 10.2 Å². The van der Waals surface area contributed by atoms with Gasteiger partial charge in [0.1, 0.15) is 0 Å². The van der Waals surface area contributed by atoms with Crippen LogP contribution in [0.15, 0.2) is 30.9 Å². The predicted molar refractivity (Wildman–Crippen MR) is 85.5 cm³/mol. The monoisotopic (exact) mass is 317 g/mol. The lowest BCUT2D eigenvalue weighted by Crippen LogP contribution is -2.31. The average molecular weight is 317 g/mol. The van der Waals surface area contributed by atoms with Gasteiger partial charge in [-0.1, -0.05) is 6.08 Å². The number of urea groups is 1. The molecule has 0 radical (unpaired) electrons. The lowest BCUT2D eigenvalue weighted by Gasteiger charge is -2.12. The smallest absolute Gasteiger partial charge is 0.319 e. The number of hydrogen-bond donors (Lipinski definition) is 2. The number of ether oxygens (including phenoxy) is 1. The summed E-state index contributed by atoms with van der Waals surface area (Å²) in [6, 6.07) is 4.25. The molecule has 0 fully saturated rings. The van der Waals surface area contributed by atoms with Crippen molar-refractivity contribution in [2.24, 2.45) is 0 Å². The summed E-state index contributed by atoms with van der Waals surface area (Å²) in [7, 11) is 1.57. The van der Waals surface area contributed by atoms with E-state index in [2.05, 4.69) is 17.2 Å². The van der Waals surface area contributed by atoms with Gasteiger partial charge in [0.2, 0.25) is 0 Å². The fourth-order valence-corrected chi connectivity index (χ4v) is 2.28. The first-order valence-corrected chi connectivity index (χ1v) is 7.23. The van der Waals surface area contributed by atoms with Crippen LogP contribution in [0.3, 0.4) is 0 Å². The quantitative estimate of drug-likeness (QED) is 0.454. The topological polar surface area (TPSA) is 87.7 Å². The van der Waals surface area contributed by atoms with Gasteiger partial charge in [0, 0.05) is 32.5 Å². The largest absolute Gasteiger partial charge is 0.385 e. The summed E-state index contributed by atoms with van der Waals surface area (Å²) in [5.41, 5.74) is 1.10. The molecule has 7 heteroatoms. The number of nitrogens with one attached hydrogen (secondary N) is 2. The summed E-state index contributed by atoms with van der Waals surface area (Å²) in [6.45, 7) is 4.62. The van der Waals surface area contributed by atoms with Gasteiger partial charge in [-0.05, 0) is 24.6 Å². The molecule has 0 bridgehead atoms. The van der Waals surface area contributed by atoms with E-state index < -0.39 is 6.03 Å². The third-order valence-corrected chi connectivity index (χ3v) is 3.37. The summed E-state index contributed by atoms with van der Waals surface area (Å²) in [5, 5.41) is 5.18. The fraction of sp³-hybridized carbons (Fsp3) is 0.312. The molecular formula is C16H19N3O4. The Balaban J connectivity index is 2.10. The SMILES string of the molecule is C=CCNC(=O)Nc1ccc2c(c1)C(=O)N(CCCOC)C2=O. The minimum absolute atomic E-state index is 0.300. The van der Waals surface area contributed by atoms with Gasteiger partial charge in [-0.15, -0.1) is 6.58 Å². The third kappa shape index (κ3) is 3.75. The Labute approximate surface area is 134 Å². The molecule has 0 unspecified atom stereocenters. The molecule has 1 heterocycles. The highest BCUT2D eigenvalue weighted by Crippen LogP contribution is 2.26. The van der Waals surface area contributed by atoms with Crippen molar-refractivity contribution in [3.8, 4) is 0 Å². The van der Waals surface area contributed by atoms with Crippen LogP contribution in [0.5, 0.6) is 0 Å². The summed E-state index contributed by atoms with van der Waals surface area (Å²) < 4.78 is 4.93. The fourth-order valence-electron chi connectivity index (χ4n) is 2.28. The van der Waals surface area contributed by atoms with Crippen LogP contribution < -0.4 is 10.6 Å². The van der Waals surface area contributed by atoms with E-state index in [1.54, 1.807) is 25.3 Å². The average Bonchev–Trinajstić information content (AvgIpc) is 2.77. The number of rotatable bonds is 7. The number of anilines is 1. The Morgan fingerprint density at radius 2 is 2.04 bits per heavy atom. The third-order valence-electron chi connectivity index (χ3n) is 3.37. The number of methoxy groups -OCH3 is 1. The molecule has 1 aliphatic rings. The number of fused-ring (bicyclic) bond motifs is 1. The van der Waals surface area contributed by atoms with E-state index in [0.717, 1.165) is 0 Å². The minimum atomic E-state index is -0.404. The first kappa shape index (κ1) is 16.7. The standard InChI is InChI=1S/C16H19N3O4/c1-3-7-17-16(22)18-11-5-6-12-13(10-11)15(21)19(14(12)20)8-4-9-23-2/h3,5-6,10H,1,4,7-9H2,2H3,(H2,17,18,22). The maximum atomic E-state index is 12.3. The zero-order chi connectivity index (χ0) is 16.8. The summed E-state index contributed by atoms with van der Waals surface area (Å²) in [4.78, 5) is 37.4. The molecule has 7 nitrogen and oxygen atoms in total. The second-order valence-electron chi connectivity index (χ2n) is 4.99. The van der Waals surface area contributed by atoms with Gasteiger partial charge in [-0.3, -0.25) is 14.5 Å². The van der Waals surface area contributed by atoms with E-state index in [-0.39, 0.29) is 11.8 Å². The Morgan fingerprint density at radius 3 is 2.74 bits per heavy atom. The number of carbonyl (C=O) groups is 3. The summed E-state index contributed by atoms with van der Waals surface area (Å²) in [5.74, 6) is -0.667. The van der Waals surface area contributed by atoms with Crippen molar-refractivity contribution in [2.45, 2.75) is 6.42 Å². The lowest BCUT2D eigenvalue weighted by molar-refractivity contribution is 0.0638. The number of carbonyl (C=O) groups excluding carboxylic acids is 3. The molecule has 1 aromatic carbocycles. The molecule has 2 rings (SSSR count). The lowest BCUT2D eigenvalue weighted by atomic mass is 10.1. The number of hydrogen-bond acceptors (Lipinski definition) is 4. The zero-order valence-electron chi connectivity index (χ0n) is 12.9. The van der Waals surface area contributed by atoms with Gasteiger partial charge in [0.25, 0.3) is 11.8 Å². The second-order valence-corrected chi connectivity index (χ2v) is 4.99. The van der Waals surface area contributed by atoms with Gasteiger partial charge < -0.3 is 15.4 Å². The number of imide groups is 1. The maximum absolute atomic E-state index is 12.3. The molecule has 4 amide bonds. The molecular weight excluding hydrogens is 298 g/mol. The molecule has 122 valence electrons. The minimum Gasteiger partial charge on any atom is -0.385 e. The van der Waals surface area contributed by atoms with E-state index in [4.69, 9.17) is 4.74 Å². The van der Waals surface area contributed by atoms with Crippen molar-refractivity contribution in [1.29, 1.82) is 0 Å². The Bertz CT molecular complexity index is 642. The Kier molecular flexibility index (Phi) is 5.48. The first-order chi connectivity index (χ1) is 11.1. The highest BCUT2D eigenvalue weighted by atomic mass is 16.5. The number of benzene rings is 1. The first-order valence-electron chi connectivity index (χ1n) is 7.23. The van der Waals surface area contributed by atoms with Gasteiger partial charge in [-0.25, -0.2) is 4.79 Å². The summed E-state index contributed by atoms with van der Waals surface area (Å²) >= 11 is 0. The van der Waals surface area contributed by atoms with Crippen molar-refractivity contribution >= 4 is 23.5 Å². The molecule has 0 atom stereocenters. The molecule has 0 saturated heterocycles. The zero-order valence-corrected chi connectivity index (χ0v) is 12.9. The van der Waals surface area contributed by atoms with Crippen LogP contribution in [0, 0.1) is 0 Å². The van der Waals surface area contributed by atoms with Crippen molar-refractivity contribution in [3.63, 3.8) is 0 Å². The van der Waals surface area contributed by atoms with E-state index in [1.807, 2.05) is 0 Å². The van der Waals surface area contributed by atoms with Gasteiger partial charge >= 0.3 is 6.03 Å². The van der Waals surface area contributed by atoms with Crippen LogP contribution in [0.2, 0.25) is 0 Å². The van der Waals surface area contributed by atoms with Crippen LogP contribution >= 0.6 is 0 Å². The maximum Gasteiger partial charge on any atom is 0.319 e. The number of nitrogens with zero attached hydrogens (tertiary/aromatic N) is 1. The van der Waals surface area contributed by atoms with Crippen LogP contribution in [0.25, 0.3) is 0 Å². The van der Waals surface area contributed by atoms with Gasteiger partial charge in [0.15, 0.2) is 0 Å². The molecule has 0 saturated carbocycles. The molecule has 1 aromatic rings. The van der Waals surface area contributed by atoms with Gasteiger partial charge in [0.05, 0.1) is 11.1 Å². The molecule has 1 aliphatic heterocycles. The Morgan fingerprint density at radius 1 is 1.30 bits per heavy atom.